The number of hydrogen-bond donors (Lipinski definition) is 1. The van der Waals surface area contributed by atoms with Gasteiger partial charge in [-0.3, -0.25) is 4.79 Å². The average molecular weight is 276 g/mol. The molecule has 5 heteroatoms. The molecule has 0 atom stereocenters. The lowest BCUT2D eigenvalue weighted by atomic mass is 10.1. The highest BCUT2D eigenvalue weighted by molar-refractivity contribution is 5.78. The van der Waals surface area contributed by atoms with E-state index in [2.05, 4.69) is 10.5 Å². The maximum absolute atomic E-state index is 13.4. The Hall–Kier alpha value is -2.17. The van der Waals surface area contributed by atoms with Crippen LogP contribution >= 0.6 is 0 Å². The van der Waals surface area contributed by atoms with Crippen molar-refractivity contribution in [1.82, 2.24) is 10.5 Å². The smallest absolute Gasteiger partial charge is 0.224 e. The number of aromatic nitrogens is 1. The predicted molar refractivity (Wildman–Crippen MR) is 72.7 cm³/mol. The van der Waals surface area contributed by atoms with E-state index in [1.54, 1.807) is 32.9 Å². The molecule has 0 bridgehead atoms. The van der Waals surface area contributed by atoms with Crippen molar-refractivity contribution in [3.63, 3.8) is 0 Å². The largest absolute Gasteiger partial charge is 0.361 e. The Morgan fingerprint density at radius 1 is 1.35 bits per heavy atom. The highest BCUT2D eigenvalue weighted by Crippen LogP contribution is 2.13. The molecular weight excluding hydrogens is 259 g/mol. The molecule has 2 aromatic rings. The van der Waals surface area contributed by atoms with Gasteiger partial charge in [-0.2, -0.15) is 0 Å². The molecule has 0 aliphatic carbocycles. The first-order valence-electron chi connectivity index (χ1n) is 6.41. The van der Waals surface area contributed by atoms with E-state index in [0.717, 1.165) is 16.8 Å². The monoisotopic (exact) mass is 276 g/mol. The van der Waals surface area contributed by atoms with Crippen LogP contribution in [0.25, 0.3) is 0 Å². The summed E-state index contributed by atoms with van der Waals surface area (Å²) in [6, 6.07) is 4.94. The fourth-order valence-electron chi connectivity index (χ4n) is 1.92. The van der Waals surface area contributed by atoms with Gasteiger partial charge in [-0.15, -0.1) is 0 Å². The van der Waals surface area contributed by atoms with E-state index in [9.17, 15) is 9.18 Å². The number of halogens is 1. The van der Waals surface area contributed by atoms with Crippen molar-refractivity contribution in [3.05, 3.63) is 52.2 Å². The third-order valence-corrected chi connectivity index (χ3v) is 3.24. The highest BCUT2D eigenvalue weighted by atomic mass is 19.1. The van der Waals surface area contributed by atoms with Gasteiger partial charge in [0, 0.05) is 12.1 Å². The zero-order valence-electron chi connectivity index (χ0n) is 11.8. The number of carbonyl (C=O) groups excluding carboxylic acids is 1. The number of amides is 1. The van der Waals surface area contributed by atoms with Crippen molar-refractivity contribution in [2.24, 2.45) is 0 Å². The molecule has 1 heterocycles. The van der Waals surface area contributed by atoms with Crippen molar-refractivity contribution in [2.75, 3.05) is 0 Å². The van der Waals surface area contributed by atoms with Crippen molar-refractivity contribution in [1.29, 1.82) is 0 Å². The molecule has 0 unspecified atom stereocenters. The van der Waals surface area contributed by atoms with Gasteiger partial charge in [0.05, 0.1) is 12.1 Å². The van der Waals surface area contributed by atoms with Crippen LogP contribution in [0.3, 0.4) is 0 Å². The number of aryl methyl sites for hydroxylation is 3. The van der Waals surface area contributed by atoms with E-state index in [0.29, 0.717) is 17.9 Å². The summed E-state index contributed by atoms with van der Waals surface area (Å²) in [4.78, 5) is 11.9. The van der Waals surface area contributed by atoms with E-state index in [1.165, 1.54) is 6.07 Å². The molecule has 106 valence electrons. The molecule has 4 nitrogen and oxygen atoms in total. The number of benzene rings is 1. The summed E-state index contributed by atoms with van der Waals surface area (Å²) in [5.74, 6) is 0.252. The lowest BCUT2D eigenvalue weighted by Crippen LogP contribution is -2.25. The summed E-state index contributed by atoms with van der Waals surface area (Å²) >= 11 is 0. The first-order valence-corrected chi connectivity index (χ1v) is 6.41. The quantitative estimate of drug-likeness (QED) is 0.933. The summed E-state index contributed by atoms with van der Waals surface area (Å²) in [5.41, 5.74) is 2.85. The minimum atomic E-state index is -0.262. The van der Waals surface area contributed by atoms with E-state index < -0.39 is 0 Å². The van der Waals surface area contributed by atoms with Gasteiger partial charge in [0.25, 0.3) is 0 Å². The van der Waals surface area contributed by atoms with Crippen molar-refractivity contribution >= 4 is 5.91 Å². The molecule has 2 rings (SSSR count). The Labute approximate surface area is 117 Å². The zero-order valence-corrected chi connectivity index (χ0v) is 11.8. The van der Waals surface area contributed by atoms with E-state index in [4.69, 9.17) is 4.52 Å². The van der Waals surface area contributed by atoms with Crippen LogP contribution in [0.15, 0.2) is 22.7 Å². The summed E-state index contributed by atoms with van der Waals surface area (Å²) in [7, 11) is 0. The van der Waals surface area contributed by atoms with Crippen molar-refractivity contribution in [2.45, 2.75) is 33.7 Å². The maximum atomic E-state index is 13.4. The molecule has 0 saturated heterocycles. The van der Waals surface area contributed by atoms with Crippen LogP contribution in [0.4, 0.5) is 4.39 Å². The van der Waals surface area contributed by atoms with Crippen LogP contribution < -0.4 is 5.32 Å². The zero-order chi connectivity index (χ0) is 14.7. The second-order valence-corrected chi connectivity index (χ2v) is 4.84. The Balaban J connectivity index is 1.94. The summed E-state index contributed by atoms with van der Waals surface area (Å²) in [5, 5.41) is 6.57. The van der Waals surface area contributed by atoms with Gasteiger partial charge in [-0.05, 0) is 38.0 Å². The first kappa shape index (κ1) is 14.2. The third kappa shape index (κ3) is 3.23. The third-order valence-electron chi connectivity index (χ3n) is 3.24. The fourth-order valence-corrected chi connectivity index (χ4v) is 1.92. The minimum absolute atomic E-state index is 0.139. The number of hydrogen-bond acceptors (Lipinski definition) is 3. The minimum Gasteiger partial charge on any atom is -0.361 e. The number of nitrogens with one attached hydrogen (secondary N) is 1. The van der Waals surface area contributed by atoms with Crippen molar-refractivity contribution < 1.29 is 13.7 Å². The normalized spacial score (nSPS) is 10.6. The summed E-state index contributed by atoms with van der Waals surface area (Å²) in [6.07, 6.45) is 0.218. The van der Waals surface area contributed by atoms with Gasteiger partial charge in [-0.25, -0.2) is 4.39 Å². The molecular formula is C15H17FN2O2. The Morgan fingerprint density at radius 2 is 2.10 bits per heavy atom. The molecule has 0 aliphatic heterocycles. The standard InChI is InChI=1S/C15H17FN2O2/c1-9-4-5-12(6-14(9)16)8-17-15(19)7-13-10(2)18-20-11(13)3/h4-6H,7-8H2,1-3H3,(H,17,19). The molecule has 0 fully saturated rings. The van der Waals surface area contributed by atoms with E-state index in [1.807, 2.05) is 0 Å². The Morgan fingerprint density at radius 3 is 2.70 bits per heavy atom. The van der Waals surface area contributed by atoms with E-state index >= 15 is 0 Å². The molecule has 0 radical (unpaired) electrons. The Bertz CT molecular complexity index is 615. The lowest BCUT2D eigenvalue weighted by molar-refractivity contribution is -0.120. The van der Waals surface area contributed by atoms with Gasteiger partial charge in [0.15, 0.2) is 0 Å². The van der Waals surface area contributed by atoms with Crippen LogP contribution in [0.1, 0.15) is 28.1 Å². The van der Waals surface area contributed by atoms with Crippen LogP contribution in [0, 0.1) is 26.6 Å². The topological polar surface area (TPSA) is 55.1 Å². The first-order chi connectivity index (χ1) is 9.47. The van der Waals surface area contributed by atoms with Gasteiger partial charge in [0.2, 0.25) is 5.91 Å². The molecule has 0 aliphatic rings. The average Bonchev–Trinajstić information content (AvgIpc) is 2.72. The molecule has 0 spiro atoms. The highest BCUT2D eigenvalue weighted by Gasteiger charge is 2.13. The van der Waals surface area contributed by atoms with Crippen LogP contribution in [0.5, 0.6) is 0 Å². The number of carbonyl (C=O) groups is 1. The SMILES string of the molecule is Cc1ccc(CNC(=O)Cc2c(C)noc2C)cc1F. The maximum Gasteiger partial charge on any atom is 0.224 e. The molecule has 20 heavy (non-hydrogen) atoms. The van der Waals surface area contributed by atoms with Crippen LogP contribution in [-0.2, 0) is 17.8 Å². The molecule has 1 aromatic carbocycles. The molecule has 0 saturated carbocycles. The summed E-state index contributed by atoms with van der Waals surface area (Å²) in [6.45, 7) is 5.58. The van der Waals surface area contributed by atoms with Crippen LogP contribution in [0.2, 0.25) is 0 Å². The summed E-state index contributed by atoms with van der Waals surface area (Å²) < 4.78 is 18.4. The van der Waals surface area contributed by atoms with Gasteiger partial charge in [-0.1, -0.05) is 17.3 Å². The molecule has 1 aromatic heterocycles. The predicted octanol–water partition coefficient (Wildman–Crippen LogP) is 2.60. The van der Waals surface area contributed by atoms with Crippen LogP contribution in [-0.4, -0.2) is 11.1 Å². The van der Waals surface area contributed by atoms with Gasteiger partial charge >= 0.3 is 0 Å². The van der Waals surface area contributed by atoms with Gasteiger partial charge in [0.1, 0.15) is 11.6 Å². The fraction of sp³-hybridized carbons (Fsp3) is 0.333. The van der Waals surface area contributed by atoms with E-state index in [-0.39, 0.29) is 18.1 Å². The molecule has 1 N–H and O–H groups in total. The lowest BCUT2D eigenvalue weighted by Gasteiger charge is -2.06. The number of rotatable bonds is 4. The second kappa shape index (κ2) is 5.86. The number of nitrogens with zero attached hydrogens (tertiary/aromatic N) is 1. The Kier molecular flexibility index (Phi) is 4.17. The second-order valence-electron chi connectivity index (χ2n) is 4.84. The van der Waals surface area contributed by atoms with Gasteiger partial charge < -0.3 is 9.84 Å². The van der Waals surface area contributed by atoms with Crippen molar-refractivity contribution in [3.8, 4) is 0 Å². The molecule has 1 amide bonds.